The number of anilines is 4. The van der Waals surface area contributed by atoms with Crippen LogP contribution in [-0.2, 0) is 29.5 Å². The second-order valence-corrected chi connectivity index (χ2v) is 31.0. The molecule has 3 fully saturated rings. The van der Waals surface area contributed by atoms with E-state index in [-0.39, 0.29) is 71.4 Å². The number of sulfone groups is 1. The highest BCUT2D eigenvalue weighted by Gasteiger charge is 2.44. The van der Waals surface area contributed by atoms with Gasteiger partial charge in [0.15, 0.2) is 15.6 Å². The summed E-state index contributed by atoms with van der Waals surface area (Å²) >= 11 is 0. The number of hydrogen-bond acceptors (Lipinski definition) is 21. The topological polar surface area (TPSA) is 264 Å². The Hall–Kier alpha value is -7.42. The van der Waals surface area contributed by atoms with Gasteiger partial charge in [0.05, 0.1) is 46.1 Å². The van der Waals surface area contributed by atoms with Crippen LogP contribution in [0.15, 0.2) is 48.0 Å². The van der Waals surface area contributed by atoms with Gasteiger partial charge >= 0.3 is 12.2 Å². The van der Waals surface area contributed by atoms with Crippen molar-refractivity contribution < 1.29 is 46.6 Å². The number of amides is 3. The quantitative estimate of drug-likeness (QED) is 0.0681. The van der Waals surface area contributed by atoms with E-state index < -0.39 is 37.3 Å². The number of carbonyl (C=O) groups excluding carboxylic acids is 5. The van der Waals surface area contributed by atoms with Crippen molar-refractivity contribution in [3.63, 3.8) is 0 Å². The number of aryl methyl sites for hydroxylation is 1. The van der Waals surface area contributed by atoms with Gasteiger partial charge < -0.3 is 39.1 Å². The normalized spacial score (nSPS) is 19.6. The molecule has 0 radical (unpaired) electrons. The number of nitrogens with zero attached hydrogens (tertiary/aromatic N) is 14. The monoisotopic (exact) mass is 1280 g/mol. The van der Waals surface area contributed by atoms with Crippen LogP contribution in [0.25, 0.3) is 10.9 Å². The van der Waals surface area contributed by atoms with E-state index in [1.807, 2.05) is 52.5 Å². The number of hydrogen-bond donors (Lipinski definition) is 1. The summed E-state index contributed by atoms with van der Waals surface area (Å²) < 4.78 is 46.2. The second-order valence-electron chi connectivity index (χ2n) is 28.3. The molecule has 0 bridgehead atoms. The van der Waals surface area contributed by atoms with Crippen molar-refractivity contribution >= 4 is 73.8 Å². The van der Waals surface area contributed by atoms with Crippen molar-refractivity contribution in [3.8, 4) is 5.75 Å². The maximum absolute atomic E-state index is 14.6. The Labute approximate surface area is 535 Å². The van der Waals surface area contributed by atoms with E-state index in [4.69, 9.17) is 29.2 Å². The van der Waals surface area contributed by atoms with Crippen molar-refractivity contribution in [2.45, 2.75) is 174 Å². The Morgan fingerprint density at radius 3 is 2.08 bits per heavy atom. The largest absolute Gasteiger partial charge is 0.492 e. The minimum atomic E-state index is -3.96. The summed E-state index contributed by atoms with van der Waals surface area (Å²) in [6.07, 6.45) is 6.83. The Morgan fingerprint density at radius 1 is 0.758 bits per heavy atom. The number of Topliss-reactive ketones (excluding diaryl/α,β-unsaturated/α-hetero) is 1. The lowest BCUT2D eigenvalue weighted by Crippen LogP contribution is -2.65. The molecule has 4 aliphatic rings. The van der Waals surface area contributed by atoms with E-state index >= 15 is 0 Å². The molecule has 0 aliphatic carbocycles. The van der Waals surface area contributed by atoms with Crippen LogP contribution in [0, 0.1) is 13.8 Å². The van der Waals surface area contributed by atoms with Gasteiger partial charge in [0.25, 0.3) is 5.91 Å². The smallest absolute Gasteiger partial charge is 0.437 e. The van der Waals surface area contributed by atoms with Crippen molar-refractivity contribution in [2.24, 2.45) is 0 Å². The molecule has 0 saturated carbocycles. The Morgan fingerprint density at radius 2 is 1.43 bits per heavy atom. The molecule has 0 unspecified atom stereocenters. The van der Waals surface area contributed by atoms with Crippen LogP contribution in [0.1, 0.15) is 154 Å². The first-order chi connectivity index (χ1) is 42.6. The van der Waals surface area contributed by atoms with Gasteiger partial charge in [0, 0.05) is 150 Å². The van der Waals surface area contributed by atoms with E-state index in [2.05, 4.69) is 60.8 Å². The Kier molecular flexibility index (Phi) is 19.9. The molecule has 25 nitrogen and oxygen atoms in total. The van der Waals surface area contributed by atoms with E-state index in [0.717, 1.165) is 10.4 Å². The van der Waals surface area contributed by atoms with Gasteiger partial charge in [-0.25, -0.2) is 37.9 Å². The minimum absolute atomic E-state index is 0.00504. The van der Waals surface area contributed by atoms with Gasteiger partial charge in [-0.1, -0.05) is 20.8 Å². The van der Waals surface area contributed by atoms with Gasteiger partial charge in [-0.15, -0.1) is 4.68 Å². The van der Waals surface area contributed by atoms with Crippen LogP contribution in [0.4, 0.5) is 32.9 Å². The molecule has 494 valence electrons. The van der Waals surface area contributed by atoms with E-state index in [1.165, 1.54) is 12.4 Å². The highest BCUT2D eigenvalue weighted by atomic mass is 32.2. The molecule has 3 saturated heterocycles. The molecule has 8 heterocycles. The van der Waals surface area contributed by atoms with E-state index in [0.29, 0.717) is 149 Å². The maximum atomic E-state index is 14.6. The number of rotatable bonds is 17. The van der Waals surface area contributed by atoms with Crippen molar-refractivity contribution in [3.05, 3.63) is 71.2 Å². The molecule has 4 aliphatic heterocycles. The van der Waals surface area contributed by atoms with Crippen LogP contribution >= 0.6 is 0 Å². The fourth-order valence-corrected chi connectivity index (χ4v) is 13.4. The lowest BCUT2D eigenvalue weighted by atomic mass is 9.91. The average Bonchev–Trinajstić information content (AvgIpc) is 1.74. The van der Waals surface area contributed by atoms with E-state index in [9.17, 15) is 32.4 Å². The lowest BCUT2D eigenvalue weighted by Gasteiger charge is -2.48. The highest BCUT2D eigenvalue weighted by molar-refractivity contribution is 7.92. The van der Waals surface area contributed by atoms with Crippen LogP contribution in [-0.4, -0.2) is 223 Å². The molecule has 26 heteroatoms. The zero-order chi connectivity index (χ0) is 66.3. The molecule has 5 aromatic rings. The molecular formula is C65H93N15O10S. The molecule has 1 N–H and O–H groups in total. The number of aromatic nitrogens is 7. The minimum Gasteiger partial charge on any atom is -0.492 e. The fourth-order valence-electron chi connectivity index (χ4n) is 12.1. The predicted molar refractivity (Wildman–Crippen MR) is 347 cm³/mol. The Bertz CT molecular complexity index is 3640. The van der Waals surface area contributed by atoms with Gasteiger partial charge in [0.2, 0.25) is 11.9 Å². The number of nitrogens with one attached hydrogen (secondary N) is 1. The summed E-state index contributed by atoms with van der Waals surface area (Å²) in [5.74, 6) is 1.06. The second kappa shape index (κ2) is 26.7. The first kappa shape index (κ1) is 68.0. The third-order valence-electron chi connectivity index (χ3n) is 17.2. The summed E-state index contributed by atoms with van der Waals surface area (Å²) in [7, 11) is -3.96. The third kappa shape index (κ3) is 15.4. The summed E-state index contributed by atoms with van der Waals surface area (Å²) in [4.78, 5) is 106. The predicted octanol–water partition coefficient (Wildman–Crippen LogP) is 8.08. The number of carbonyl (C=O) groups is 5. The molecule has 3 atom stereocenters. The summed E-state index contributed by atoms with van der Waals surface area (Å²) in [5, 5.41) is 8.02. The van der Waals surface area contributed by atoms with Crippen molar-refractivity contribution in [1.82, 2.24) is 59.2 Å². The maximum Gasteiger partial charge on any atom is 0.437 e. The van der Waals surface area contributed by atoms with E-state index in [1.54, 1.807) is 82.9 Å². The SMILES string of the molecule is CCCC(=O)c1cnc2c(c1)N(C(=O)CN1C[C@H](C)N(C(=O)OC(C)(C)C)C[C@@H]1CN1CCN(c3ncc(C(=O)N4CCN(CCCOc5cc6ncnc(Nc7c(C)c(C)nn7C(=O)OC(C)(C)C)c6cc5S(=O)(=O)C(C)(C)C)CC4)cn3)C[C@H]1C)CC2(C)C. The van der Waals surface area contributed by atoms with Crippen molar-refractivity contribution in [1.29, 1.82) is 0 Å². The highest BCUT2D eigenvalue weighted by Crippen LogP contribution is 2.41. The van der Waals surface area contributed by atoms with Crippen molar-refractivity contribution in [2.75, 3.05) is 107 Å². The number of pyridine rings is 1. The van der Waals surface area contributed by atoms with Crippen LogP contribution < -0.4 is 19.9 Å². The molecule has 0 spiro atoms. The van der Waals surface area contributed by atoms with Gasteiger partial charge in [-0.3, -0.25) is 34.1 Å². The zero-order valence-corrected chi connectivity index (χ0v) is 56.9. The third-order valence-corrected chi connectivity index (χ3v) is 19.8. The number of ketones is 1. The summed E-state index contributed by atoms with van der Waals surface area (Å²) in [5.41, 5.74) is 2.22. The number of ether oxygens (including phenoxy) is 3. The van der Waals surface area contributed by atoms with Crippen LogP contribution in [0.3, 0.4) is 0 Å². The first-order valence-corrected chi connectivity index (χ1v) is 33.2. The first-order valence-electron chi connectivity index (χ1n) is 31.8. The Balaban J connectivity index is 0.788. The fraction of sp³-hybridized carbons (Fsp3) is 0.615. The molecule has 9 rings (SSSR count). The number of fused-ring (bicyclic) bond motifs is 2. The number of benzene rings is 1. The molecule has 4 aromatic heterocycles. The molecular weight excluding hydrogens is 1180 g/mol. The van der Waals surface area contributed by atoms with Crippen LogP contribution in [0.2, 0.25) is 0 Å². The number of piperazine rings is 3. The zero-order valence-electron chi connectivity index (χ0n) is 56.0. The average molecular weight is 1280 g/mol. The summed E-state index contributed by atoms with van der Waals surface area (Å²) in [6, 6.07) is 4.59. The molecule has 91 heavy (non-hydrogen) atoms. The standard InChI is InChI=1S/C65H93N15O10S/c1-17-19-51(81)45-28-50-55(66-31-45)65(15,16)39-79(50)54(82)38-77-35-42(3)78(60(84)89-62(6,7)8)37-47(77)36-75-25-26-76(34-41(75)2)59-67-32-46(33-68-59)58(83)74-23-21-73(22-24-74)20-18-27-88-52-30-49-48(29-53(52)91(86,87)64(12,13)14)56(70-40-69-49)71-57-43(4)44(5)72-80(57)61(85)90-63(9,10)11/h28-33,40-42,47H,17-27,34-39H2,1-16H3,(H,69,70,71)/t41-,42+,47+/m1/s1. The van der Waals surface area contributed by atoms with Gasteiger partial charge in [0.1, 0.15) is 39.8 Å². The van der Waals surface area contributed by atoms with Gasteiger partial charge in [-0.05, 0) is 115 Å². The lowest BCUT2D eigenvalue weighted by molar-refractivity contribution is -0.121. The van der Waals surface area contributed by atoms with Gasteiger partial charge in [-0.2, -0.15) is 5.10 Å². The summed E-state index contributed by atoms with van der Waals surface area (Å²) in [6.45, 7) is 36.6. The molecule has 1 aromatic carbocycles. The molecule has 3 amide bonds. The van der Waals surface area contributed by atoms with Crippen LogP contribution in [0.5, 0.6) is 5.75 Å².